The molecule has 0 spiro atoms. The summed E-state index contributed by atoms with van der Waals surface area (Å²) in [5.74, 6) is -3.28. The molecule has 4 rings (SSSR count). The first-order chi connectivity index (χ1) is 17.2. The van der Waals surface area contributed by atoms with Crippen LogP contribution in [-0.2, 0) is 19.2 Å². The third-order valence-electron chi connectivity index (χ3n) is 5.49. The summed E-state index contributed by atoms with van der Waals surface area (Å²) in [5.41, 5.74) is 7.03. The van der Waals surface area contributed by atoms with Gasteiger partial charge in [0.05, 0.1) is 5.75 Å². The van der Waals surface area contributed by atoms with E-state index < -0.39 is 41.2 Å². The number of carboxylic acids is 2. The van der Waals surface area contributed by atoms with E-state index in [1.165, 1.54) is 28.4 Å². The number of carboxylic acid groups (broad SMARTS) is 2. The summed E-state index contributed by atoms with van der Waals surface area (Å²) in [6.45, 7) is 1.80. The standard InChI is InChI=1S/C20H21N7O6S3/c1-8(36-20-23-25-26-24-20)10-6-35-18-14(17(31)27(18)15(10)19(32)33)22-16(30)13(21)9-4-2-3-5-11(9)34-7-12(28)29/h2-5,8,13-14,18H,6-7,21H2,1H3,(H,22,30)(H,28,29)(H,32,33)(H,23,24,25,26)/t8?,13?,14?,18-/m0/s1. The number of carbonyl (C=O) groups is 4. The van der Waals surface area contributed by atoms with E-state index in [1.807, 2.05) is 0 Å². The van der Waals surface area contributed by atoms with Gasteiger partial charge in [0.15, 0.2) is 0 Å². The quantitative estimate of drug-likeness (QED) is 0.199. The highest BCUT2D eigenvalue weighted by atomic mass is 32.2. The van der Waals surface area contributed by atoms with Crippen LogP contribution in [0.4, 0.5) is 0 Å². The molecule has 16 heteroatoms. The second kappa shape index (κ2) is 10.9. The van der Waals surface area contributed by atoms with E-state index in [1.54, 1.807) is 31.2 Å². The van der Waals surface area contributed by atoms with Crippen molar-refractivity contribution >= 4 is 59.0 Å². The molecule has 0 bridgehead atoms. The van der Waals surface area contributed by atoms with E-state index in [9.17, 15) is 24.3 Å². The summed E-state index contributed by atoms with van der Waals surface area (Å²) in [5, 5.41) is 34.4. The van der Waals surface area contributed by atoms with Gasteiger partial charge in [-0.1, -0.05) is 30.0 Å². The lowest BCUT2D eigenvalue weighted by Gasteiger charge is -2.50. The zero-order valence-corrected chi connectivity index (χ0v) is 21.1. The number of nitrogens with one attached hydrogen (secondary N) is 2. The lowest BCUT2D eigenvalue weighted by molar-refractivity contribution is -0.150. The van der Waals surface area contributed by atoms with Crippen molar-refractivity contribution in [2.75, 3.05) is 11.5 Å². The van der Waals surface area contributed by atoms with Crippen LogP contribution in [0.25, 0.3) is 0 Å². The molecule has 4 atom stereocenters. The number of hydrogen-bond acceptors (Lipinski definition) is 11. The van der Waals surface area contributed by atoms with Gasteiger partial charge in [0, 0.05) is 15.9 Å². The number of H-pyrrole nitrogens is 1. The number of fused-ring (bicyclic) bond motifs is 1. The van der Waals surface area contributed by atoms with Gasteiger partial charge < -0.3 is 21.3 Å². The van der Waals surface area contributed by atoms with Crippen LogP contribution in [0.5, 0.6) is 0 Å². The van der Waals surface area contributed by atoms with E-state index in [0.717, 1.165) is 11.8 Å². The number of benzene rings is 1. The third-order valence-corrected chi connectivity index (χ3v) is 8.90. The molecular formula is C20H21N7O6S3. The van der Waals surface area contributed by atoms with Gasteiger partial charge >= 0.3 is 11.9 Å². The van der Waals surface area contributed by atoms with Crippen molar-refractivity contribution < 1.29 is 29.4 Å². The molecule has 2 aliphatic rings. The SMILES string of the molecule is CC(Sc1nnn[nH]1)C1=C(C(=O)O)N2C(=O)C(NC(=O)C(N)c3ccccc3SCC(=O)O)[C@@H]2SC1. The van der Waals surface area contributed by atoms with Crippen LogP contribution in [0.1, 0.15) is 18.5 Å². The fourth-order valence-corrected chi connectivity index (χ4v) is 7.03. The maximum atomic E-state index is 13.0. The molecule has 2 amide bonds. The molecule has 2 aromatic rings. The summed E-state index contributed by atoms with van der Waals surface area (Å²) >= 11 is 3.62. The lowest BCUT2D eigenvalue weighted by atomic mass is 10.0. The van der Waals surface area contributed by atoms with Crippen LogP contribution < -0.4 is 11.1 Å². The Bertz CT molecular complexity index is 1220. The monoisotopic (exact) mass is 551 g/mol. The first-order valence-electron chi connectivity index (χ1n) is 10.5. The van der Waals surface area contributed by atoms with Crippen LogP contribution in [0, 0.1) is 0 Å². The fraction of sp³-hybridized carbons (Fsp3) is 0.350. The average molecular weight is 552 g/mol. The summed E-state index contributed by atoms with van der Waals surface area (Å²) in [4.78, 5) is 50.7. The van der Waals surface area contributed by atoms with Crippen LogP contribution in [-0.4, -0.2) is 87.7 Å². The van der Waals surface area contributed by atoms with Gasteiger partial charge in [-0.05, 0) is 34.6 Å². The molecule has 3 unspecified atom stereocenters. The topological polar surface area (TPSA) is 204 Å². The zero-order valence-electron chi connectivity index (χ0n) is 18.7. The van der Waals surface area contributed by atoms with Gasteiger partial charge in [0.25, 0.3) is 5.91 Å². The molecule has 1 aromatic heterocycles. The Kier molecular flexibility index (Phi) is 7.87. The second-order valence-electron chi connectivity index (χ2n) is 7.74. The van der Waals surface area contributed by atoms with Crippen LogP contribution in [0.2, 0.25) is 0 Å². The maximum Gasteiger partial charge on any atom is 0.352 e. The molecule has 13 nitrogen and oxygen atoms in total. The molecule has 1 saturated heterocycles. The molecule has 3 heterocycles. The van der Waals surface area contributed by atoms with Gasteiger partial charge in [0.1, 0.15) is 23.2 Å². The van der Waals surface area contributed by atoms with Crippen molar-refractivity contribution in [3.8, 4) is 0 Å². The lowest BCUT2D eigenvalue weighted by Crippen LogP contribution is -2.71. The number of thioether (sulfide) groups is 3. The molecule has 36 heavy (non-hydrogen) atoms. The second-order valence-corrected chi connectivity index (χ2v) is 11.2. The van der Waals surface area contributed by atoms with E-state index in [0.29, 0.717) is 26.9 Å². The number of tetrazole rings is 1. The van der Waals surface area contributed by atoms with Gasteiger partial charge in [-0.25, -0.2) is 9.89 Å². The molecule has 0 aliphatic carbocycles. The number of hydrogen-bond donors (Lipinski definition) is 5. The minimum atomic E-state index is -1.24. The van der Waals surface area contributed by atoms with E-state index in [-0.39, 0.29) is 16.7 Å². The van der Waals surface area contributed by atoms with Crippen molar-refractivity contribution in [1.29, 1.82) is 0 Å². The predicted octanol–water partition coefficient (Wildman–Crippen LogP) is 0.296. The average Bonchev–Trinajstić information content (AvgIpc) is 3.37. The normalized spacial score (nSPS) is 20.8. The van der Waals surface area contributed by atoms with Crippen LogP contribution >= 0.6 is 35.3 Å². The number of aromatic nitrogens is 4. The number of nitrogens with two attached hydrogens (primary N) is 1. The highest BCUT2D eigenvalue weighted by Crippen LogP contribution is 2.43. The first kappa shape index (κ1) is 26.0. The number of rotatable bonds is 10. The maximum absolute atomic E-state index is 13.0. The number of aromatic amines is 1. The van der Waals surface area contributed by atoms with E-state index >= 15 is 0 Å². The van der Waals surface area contributed by atoms with Gasteiger partial charge in [-0.3, -0.25) is 19.3 Å². The zero-order chi connectivity index (χ0) is 26.0. The molecule has 1 aromatic carbocycles. The summed E-state index contributed by atoms with van der Waals surface area (Å²) in [7, 11) is 0. The first-order valence-corrected chi connectivity index (χ1v) is 13.4. The highest BCUT2D eigenvalue weighted by Gasteiger charge is 2.54. The van der Waals surface area contributed by atoms with Crippen molar-refractivity contribution in [2.24, 2.45) is 5.73 Å². The Hall–Kier alpha value is -3.08. The van der Waals surface area contributed by atoms with E-state index in [4.69, 9.17) is 10.8 Å². The Labute approximate surface area is 217 Å². The Morgan fingerprint density at radius 3 is 2.75 bits per heavy atom. The molecule has 190 valence electrons. The Morgan fingerprint density at radius 2 is 2.08 bits per heavy atom. The number of β-lactam (4-membered cyclic amide) rings is 1. The minimum absolute atomic E-state index is 0.110. The summed E-state index contributed by atoms with van der Waals surface area (Å²) in [6.07, 6.45) is 0. The number of amides is 2. The Balaban J connectivity index is 1.47. The summed E-state index contributed by atoms with van der Waals surface area (Å²) in [6, 6.07) is 4.60. The molecular weight excluding hydrogens is 530 g/mol. The Morgan fingerprint density at radius 1 is 1.33 bits per heavy atom. The van der Waals surface area contributed by atoms with Gasteiger partial charge in [-0.15, -0.1) is 28.6 Å². The van der Waals surface area contributed by atoms with Gasteiger partial charge in [0.2, 0.25) is 11.1 Å². The van der Waals surface area contributed by atoms with Crippen LogP contribution in [0.3, 0.4) is 0 Å². The molecule has 2 aliphatic heterocycles. The fourth-order valence-electron chi connectivity index (χ4n) is 3.79. The predicted molar refractivity (Wildman–Crippen MR) is 131 cm³/mol. The number of aliphatic carboxylic acids is 2. The van der Waals surface area contributed by atoms with Crippen LogP contribution in [0.15, 0.2) is 45.6 Å². The highest BCUT2D eigenvalue weighted by molar-refractivity contribution is 8.01. The molecule has 1 fully saturated rings. The molecule has 6 N–H and O–H groups in total. The smallest absolute Gasteiger partial charge is 0.352 e. The largest absolute Gasteiger partial charge is 0.481 e. The summed E-state index contributed by atoms with van der Waals surface area (Å²) < 4.78 is 0. The third kappa shape index (κ3) is 5.21. The molecule has 0 saturated carbocycles. The number of carbonyl (C=O) groups excluding carboxylic acids is 2. The van der Waals surface area contributed by atoms with Crippen molar-refractivity contribution in [2.45, 2.75) is 39.7 Å². The van der Waals surface area contributed by atoms with Crippen molar-refractivity contribution in [3.05, 3.63) is 41.1 Å². The van der Waals surface area contributed by atoms with Crippen molar-refractivity contribution in [1.82, 2.24) is 30.8 Å². The minimum Gasteiger partial charge on any atom is -0.481 e. The molecule has 0 radical (unpaired) electrons. The number of nitrogens with zero attached hydrogens (tertiary/aromatic N) is 4. The van der Waals surface area contributed by atoms with Crippen molar-refractivity contribution in [3.63, 3.8) is 0 Å². The van der Waals surface area contributed by atoms with E-state index in [2.05, 4.69) is 25.9 Å². The van der Waals surface area contributed by atoms with Gasteiger partial charge in [-0.2, -0.15) is 0 Å².